The number of carbonyl (C=O) groups excluding carboxylic acids is 1. The molecule has 0 spiro atoms. The van der Waals surface area contributed by atoms with Crippen LogP contribution in [0.4, 0.5) is 4.79 Å². The molecule has 1 rings (SSSR count). The van der Waals surface area contributed by atoms with Crippen LogP contribution in [-0.4, -0.2) is 22.7 Å². The van der Waals surface area contributed by atoms with Gasteiger partial charge < -0.3 is 5.32 Å². The van der Waals surface area contributed by atoms with Gasteiger partial charge in [-0.25, -0.2) is 4.79 Å². The van der Waals surface area contributed by atoms with Crippen molar-refractivity contribution < 1.29 is 4.79 Å². The Morgan fingerprint density at radius 3 is 2.50 bits per heavy atom. The van der Waals surface area contributed by atoms with E-state index in [0.717, 1.165) is 10.7 Å². The third-order valence-corrected chi connectivity index (χ3v) is 2.73. The summed E-state index contributed by atoms with van der Waals surface area (Å²) >= 11 is 1.63. The molecule has 1 aliphatic heterocycles. The van der Waals surface area contributed by atoms with Crippen LogP contribution in [-0.2, 0) is 0 Å². The topological polar surface area (TPSA) is 32.3 Å². The van der Waals surface area contributed by atoms with E-state index in [0.29, 0.717) is 0 Å². The lowest BCUT2D eigenvalue weighted by Crippen LogP contribution is -2.39. The molecule has 1 heterocycles. The van der Waals surface area contributed by atoms with E-state index < -0.39 is 0 Å². The normalized spacial score (nSPS) is 18.0. The Morgan fingerprint density at radius 2 is 2.07 bits per heavy atom. The molecule has 0 aromatic carbocycles. The zero-order valence-electron chi connectivity index (χ0n) is 9.05. The van der Waals surface area contributed by atoms with Gasteiger partial charge in [-0.3, -0.25) is 4.90 Å². The Bertz CT molecular complexity index is 302. The molecule has 14 heavy (non-hydrogen) atoms. The van der Waals surface area contributed by atoms with Crippen molar-refractivity contribution in [2.75, 3.05) is 7.05 Å². The van der Waals surface area contributed by atoms with Gasteiger partial charge in [0.05, 0.1) is 5.03 Å². The predicted molar refractivity (Wildman–Crippen MR) is 60.9 cm³/mol. The maximum Gasteiger partial charge on any atom is 0.326 e. The summed E-state index contributed by atoms with van der Waals surface area (Å²) in [6, 6.07) is -0.121. The van der Waals surface area contributed by atoms with Crippen LogP contribution in [0.3, 0.4) is 0 Å². The van der Waals surface area contributed by atoms with Crippen LogP contribution in [0.1, 0.15) is 20.8 Å². The molecule has 0 unspecified atom stereocenters. The second-order valence-corrected chi connectivity index (χ2v) is 6.07. The van der Waals surface area contributed by atoms with Gasteiger partial charge in [0.25, 0.3) is 0 Å². The van der Waals surface area contributed by atoms with Gasteiger partial charge in [-0.2, -0.15) is 0 Å². The molecule has 0 radical (unpaired) electrons. The average molecular weight is 212 g/mol. The van der Waals surface area contributed by atoms with E-state index in [1.54, 1.807) is 18.8 Å². The standard InChI is InChI=1S/C10H16N2OS/c1-7-6-8(14-10(2,3)4)11-9(13)12(7)5/h6H,1H2,2-5H3,(H,11,13). The molecule has 0 saturated heterocycles. The number of allylic oxidation sites excluding steroid dienone is 1. The van der Waals surface area contributed by atoms with Gasteiger partial charge in [0.1, 0.15) is 0 Å². The average Bonchev–Trinajstić information content (AvgIpc) is 1.96. The Balaban J connectivity index is 2.78. The first-order valence-corrected chi connectivity index (χ1v) is 5.25. The highest BCUT2D eigenvalue weighted by Gasteiger charge is 2.22. The SMILES string of the molecule is C=C1C=C(SC(C)(C)C)NC(=O)N1C. The van der Waals surface area contributed by atoms with Gasteiger partial charge in [0.15, 0.2) is 0 Å². The van der Waals surface area contributed by atoms with Crippen molar-refractivity contribution in [3.05, 3.63) is 23.4 Å². The Hall–Kier alpha value is -0.900. The minimum Gasteiger partial charge on any atom is -0.302 e. The maximum atomic E-state index is 11.4. The van der Waals surface area contributed by atoms with Gasteiger partial charge in [-0.15, -0.1) is 11.8 Å². The highest BCUT2D eigenvalue weighted by atomic mass is 32.2. The van der Waals surface area contributed by atoms with E-state index in [1.807, 2.05) is 6.08 Å². The molecular weight excluding hydrogens is 196 g/mol. The first-order valence-electron chi connectivity index (χ1n) is 4.44. The molecule has 0 aliphatic carbocycles. The van der Waals surface area contributed by atoms with Gasteiger partial charge in [0.2, 0.25) is 0 Å². The minimum atomic E-state index is -0.121. The van der Waals surface area contributed by atoms with Crippen molar-refractivity contribution in [2.24, 2.45) is 0 Å². The van der Waals surface area contributed by atoms with Gasteiger partial charge >= 0.3 is 6.03 Å². The predicted octanol–water partition coefficient (Wildman–Crippen LogP) is 2.53. The van der Waals surface area contributed by atoms with Crippen LogP contribution in [0, 0.1) is 0 Å². The molecule has 0 saturated carbocycles. The lowest BCUT2D eigenvalue weighted by molar-refractivity contribution is 0.222. The Morgan fingerprint density at radius 1 is 1.50 bits per heavy atom. The zero-order chi connectivity index (χ0) is 10.9. The van der Waals surface area contributed by atoms with Crippen molar-refractivity contribution in [1.82, 2.24) is 10.2 Å². The number of nitrogens with zero attached hydrogens (tertiary/aromatic N) is 1. The number of likely N-dealkylation sites (N-methyl/N-ethyl adjacent to an activating group) is 1. The van der Waals surface area contributed by atoms with Crippen LogP contribution in [0.15, 0.2) is 23.4 Å². The van der Waals surface area contributed by atoms with E-state index in [4.69, 9.17) is 0 Å². The lowest BCUT2D eigenvalue weighted by atomic mass is 10.3. The highest BCUT2D eigenvalue weighted by molar-refractivity contribution is 8.04. The maximum absolute atomic E-state index is 11.4. The number of hydrogen-bond acceptors (Lipinski definition) is 2. The minimum absolute atomic E-state index is 0.0926. The first kappa shape index (κ1) is 11.2. The molecule has 0 atom stereocenters. The van der Waals surface area contributed by atoms with Crippen molar-refractivity contribution in [3.63, 3.8) is 0 Å². The summed E-state index contributed by atoms with van der Waals surface area (Å²) in [5.41, 5.74) is 0.723. The Labute approximate surface area is 89.2 Å². The third-order valence-electron chi connectivity index (χ3n) is 1.68. The van der Waals surface area contributed by atoms with Gasteiger partial charge in [0, 0.05) is 17.5 Å². The Kier molecular flexibility index (Phi) is 2.95. The number of nitrogens with one attached hydrogen (secondary N) is 1. The number of hydrogen-bond donors (Lipinski definition) is 1. The molecule has 0 fully saturated rings. The molecule has 1 aliphatic rings. The van der Waals surface area contributed by atoms with E-state index in [2.05, 4.69) is 32.7 Å². The van der Waals surface area contributed by atoms with E-state index in [1.165, 1.54) is 4.90 Å². The van der Waals surface area contributed by atoms with E-state index >= 15 is 0 Å². The molecular formula is C10H16N2OS. The third kappa shape index (κ3) is 2.80. The monoisotopic (exact) mass is 212 g/mol. The molecule has 3 nitrogen and oxygen atoms in total. The summed E-state index contributed by atoms with van der Waals surface area (Å²) in [4.78, 5) is 12.9. The highest BCUT2D eigenvalue weighted by Crippen LogP contribution is 2.31. The van der Waals surface area contributed by atoms with Crippen molar-refractivity contribution in [1.29, 1.82) is 0 Å². The lowest BCUT2D eigenvalue weighted by Gasteiger charge is -2.28. The molecule has 2 amide bonds. The van der Waals surface area contributed by atoms with Crippen LogP contribution in [0.5, 0.6) is 0 Å². The van der Waals surface area contributed by atoms with Crippen LogP contribution < -0.4 is 5.32 Å². The quantitative estimate of drug-likeness (QED) is 0.724. The summed E-state index contributed by atoms with van der Waals surface area (Å²) in [5.74, 6) is 0. The van der Waals surface area contributed by atoms with Crippen molar-refractivity contribution in [3.8, 4) is 0 Å². The molecule has 0 bridgehead atoms. The number of thioether (sulfide) groups is 1. The van der Waals surface area contributed by atoms with Crippen LogP contribution in [0.2, 0.25) is 0 Å². The fourth-order valence-electron chi connectivity index (χ4n) is 0.989. The second-order valence-electron chi connectivity index (χ2n) is 4.20. The summed E-state index contributed by atoms with van der Waals surface area (Å²) in [6.45, 7) is 10.1. The van der Waals surface area contributed by atoms with E-state index in [9.17, 15) is 4.79 Å². The molecule has 1 N–H and O–H groups in total. The number of rotatable bonds is 1. The fourth-order valence-corrected chi connectivity index (χ4v) is 1.98. The molecule has 0 aromatic rings. The van der Waals surface area contributed by atoms with Crippen molar-refractivity contribution in [2.45, 2.75) is 25.5 Å². The van der Waals surface area contributed by atoms with Gasteiger partial charge in [-0.05, 0) is 6.08 Å². The number of carbonyl (C=O) groups is 1. The van der Waals surface area contributed by atoms with Crippen LogP contribution >= 0.6 is 11.8 Å². The zero-order valence-corrected chi connectivity index (χ0v) is 9.86. The summed E-state index contributed by atoms with van der Waals surface area (Å²) in [5, 5.41) is 3.67. The summed E-state index contributed by atoms with van der Waals surface area (Å²) in [6.07, 6.45) is 1.89. The molecule has 4 heteroatoms. The van der Waals surface area contributed by atoms with Crippen molar-refractivity contribution >= 4 is 17.8 Å². The second kappa shape index (κ2) is 3.69. The number of amides is 2. The molecule has 0 aromatic heterocycles. The van der Waals surface area contributed by atoms with E-state index in [-0.39, 0.29) is 10.8 Å². The first-order chi connectivity index (χ1) is 6.29. The van der Waals surface area contributed by atoms with Gasteiger partial charge in [-0.1, -0.05) is 27.4 Å². The summed E-state index contributed by atoms with van der Waals surface area (Å²) in [7, 11) is 1.70. The smallest absolute Gasteiger partial charge is 0.302 e. The number of urea groups is 1. The van der Waals surface area contributed by atoms with Crippen LogP contribution in [0.25, 0.3) is 0 Å². The fraction of sp³-hybridized carbons (Fsp3) is 0.500. The summed E-state index contributed by atoms with van der Waals surface area (Å²) < 4.78 is 0.0926. The largest absolute Gasteiger partial charge is 0.326 e. The molecule has 78 valence electrons.